The molecular formula is C37H38ClF2N7O4. The molecule has 0 spiro atoms. The van der Waals surface area contributed by atoms with E-state index in [1.54, 1.807) is 48.8 Å². The van der Waals surface area contributed by atoms with Gasteiger partial charge in [0.05, 0.1) is 10.7 Å². The molecule has 2 aliphatic heterocycles. The summed E-state index contributed by atoms with van der Waals surface area (Å²) in [6.45, 7) is 0.805. The molecule has 2 aromatic carbocycles. The summed E-state index contributed by atoms with van der Waals surface area (Å²) in [6.07, 6.45) is 5.80. The summed E-state index contributed by atoms with van der Waals surface area (Å²) in [6, 6.07) is 15.8. The lowest BCUT2D eigenvalue weighted by Gasteiger charge is -2.17. The number of amides is 3. The molecule has 0 unspecified atom stereocenters. The van der Waals surface area contributed by atoms with Gasteiger partial charge < -0.3 is 31.3 Å². The van der Waals surface area contributed by atoms with Gasteiger partial charge in [-0.3, -0.25) is 24.4 Å². The largest absolute Gasteiger partial charge is 0.434 e. The molecule has 266 valence electrons. The molecule has 14 heteroatoms. The van der Waals surface area contributed by atoms with Gasteiger partial charge in [0.1, 0.15) is 11.4 Å². The summed E-state index contributed by atoms with van der Waals surface area (Å²) in [5.41, 5.74) is 5.26. The molecular weight excluding hydrogens is 680 g/mol. The first-order chi connectivity index (χ1) is 24.6. The maximum Gasteiger partial charge on any atom is 0.387 e. The summed E-state index contributed by atoms with van der Waals surface area (Å²) >= 11 is 6.94. The lowest BCUT2D eigenvalue weighted by atomic mass is 9.97. The van der Waals surface area contributed by atoms with E-state index in [4.69, 9.17) is 16.3 Å². The topological polar surface area (TPSA) is 146 Å². The van der Waals surface area contributed by atoms with Crippen molar-refractivity contribution in [3.63, 3.8) is 0 Å². The number of nitrogens with zero attached hydrogens (tertiary/aromatic N) is 2. The predicted molar refractivity (Wildman–Crippen MR) is 189 cm³/mol. The lowest BCUT2D eigenvalue weighted by molar-refractivity contribution is -0.120. The van der Waals surface area contributed by atoms with E-state index in [1.165, 1.54) is 6.07 Å². The van der Waals surface area contributed by atoms with Crippen molar-refractivity contribution in [1.29, 1.82) is 0 Å². The minimum absolute atomic E-state index is 0.00313. The SMILES string of the molecule is Cc1c(NC(=O)c2ccc(CNC[C@H]3CCC(=O)N3)cn2)cccc1-c1ccnc(-c2ccc(CNC[C@@H]3CCC(=O)N3)c(OC(F)F)c2)c1Cl. The number of hydrogen-bond acceptors (Lipinski definition) is 8. The fourth-order valence-electron chi connectivity index (χ4n) is 6.25. The lowest BCUT2D eigenvalue weighted by Crippen LogP contribution is -2.35. The minimum atomic E-state index is -3.04. The van der Waals surface area contributed by atoms with E-state index in [9.17, 15) is 23.2 Å². The van der Waals surface area contributed by atoms with E-state index < -0.39 is 6.61 Å². The zero-order valence-corrected chi connectivity index (χ0v) is 28.7. The van der Waals surface area contributed by atoms with Crippen LogP contribution in [-0.2, 0) is 22.7 Å². The van der Waals surface area contributed by atoms with Crippen molar-refractivity contribution in [3.05, 3.63) is 94.4 Å². The first kappa shape index (κ1) is 35.8. The van der Waals surface area contributed by atoms with E-state index in [1.807, 2.05) is 19.1 Å². The number of carbonyl (C=O) groups excluding carboxylic acids is 3. The van der Waals surface area contributed by atoms with Crippen molar-refractivity contribution in [2.75, 3.05) is 18.4 Å². The van der Waals surface area contributed by atoms with Crippen LogP contribution in [0.4, 0.5) is 14.5 Å². The van der Waals surface area contributed by atoms with Crippen LogP contribution < -0.4 is 31.3 Å². The fraction of sp³-hybridized carbons (Fsp3) is 0.324. The smallest absolute Gasteiger partial charge is 0.387 e. The van der Waals surface area contributed by atoms with E-state index >= 15 is 0 Å². The van der Waals surface area contributed by atoms with Crippen LogP contribution >= 0.6 is 11.6 Å². The van der Waals surface area contributed by atoms with Gasteiger partial charge in [-0.05, 0) is 60.7 Å². The number of pyridine rings is 2. The van der Waals surface area contributed by atoms with E-state index in [-0.39, 0.29) is 47.8 Å². The fourth-order valence-corrected chi connectivity index (χ4v) is 6.57. The monoisotopic (exact) mass is 717 g/mol. The zero-order valence-electron chi connectivity index (χ0n) is 27.9. The van der Waals surface area contributed by atoms with E-state index in [2.05, 4.69) is 36.6 Å². The van der Waals surface area contributed by atoms with Gasteiger partial charge in [0, 0.05) is 85.9 Å². The Morgan fingerprint density at radius 3 is 2.31 bits per heavy atom. The number of nitrogens with one attached hydrogen (secondary N) is 5. The molecule has 4 heterocycles. The quantitative estimate of drug-likeness (QED) is 0.117. The summed E-state index contributed by atoms with van der Waals surface area (Å²) in [5, 5.41) is 15.6. The molecule has 0 saturated carbocycles. The summed E-state index contributed by atoms with van der Waals surface area (Å²) in [7, 11) is 0. The molecule has 0 bridgehead atoms. The van der Waals surface area contributed by atoms with Gasteiger partial charge in [0.2, 0.25) is 11.8 Å². The van der Waals surface area contributed by atoms with Gasteiger partial charge in [-0.25, -0.2) is 0 Å². The van der Waals surface area contributed by atoms with Crippen LogP contribution in [0.5, 0.6) is 5.75 Å². The van der Waals surface area contributed by atoms with Crippen LogP contribution in [0.25, 0.3) is 22.4 Å². The Kier molecular flexibility index (Phi) is 11.5. The van der Waals surface area contributed by atoms with Crippen LogP contribution in [0, 0.1) is 6.92 Å². The van der Waals surface area contributed by atoms with Crippen LogP contribution in [0.1, 0.15) is 52.9 Å². The van der Waals surface area contributed by atoms with Gasteiger partial charge in [0.15, 0.2) is 0 Å². The highest BCUT2D eigenvalue weighted by molar-refractivity contribution is 6.35. The molecule has 2 aliphatic rings. The van der Waals surface area contributed by atoms with Crippen molar-refractivity contribution in [1.82, 2.24) is 31.2 Å². The van der Waals surface area contributed by atoms with Crippen LogP contribution in [0.3, 0.4) is 0 Å². The third kappa shape index (κ3) is 9.04. The highest BCUT2D eigenvalue weighted by atomic mass is 35.5. The maximum absolute atomic E-state index is 13.4. The molecule has 0 radical (unpaired) electrons. The Morgan fingerprint density at radius 1 is 0.941 bits per heavy atom. The average molecular weight is 718 g/mol. The molecule has 4 aromatic rings. The van der Waals surface area contributed by atoms with Crippen molar-refractivity contribution in [3.8, 4) is 28.1 Å². The Hall–Kier alpha value is -4.98. The van der Waals surface area contributed by atoms with Gasteiger partial charge in [-0.15, -0.1) is 0 Å². The highest BCUT2D eigenvalue weighted by Gasteiger charge is 2.22. The molecule has 2 fully saturated rings. The molecule has 2 saturated heterocycles. The second-order valence-electron chi connectivity index (χ2n) is 12.6. The van der Waals surface area contributed by atoms with Crippen LogP contribution in [0.2, 0.25) is 5.02 Å². The molecule has 3 amide bonds. The molecule has 2 atom stereocenters. The maximum atomic E-state index is 13.4. The number of rotatable bonds is 14. The number of aromatic nitrogens is 2. The molecule has 51 heavy (non-hydrogen) atoms. The summed E-state index contributed by atoms with van der Waals surface area (Å²) < 4.78 is 31.7. The minimum Gasteiger partial charge on any atom is -0.434 e. The Morgan fingerprint density at radius 2 is 1.67 bits per heavy atom. The summed E-state index contributed by atoms with van der Waals surface area (Å²) in [5.74, 6) is -0.305. The second kappa shape index (κ2) is 16.4. The molecule has 11 nitrogen and oxygen atoms in total. The van der Waals surface area contributed by atoms with Crippen molar-refractivity contribution in [2.24, 2.45) is 0 Å². The van der Waals surface area contributed by atoms with Gasteiger partial charge >= 0.3 is 6.61 Å². The molecule has 0 aliphatic carbocycles. The second-order valence-corrected chi connectivity index (χ2v) is 13.0. The van der Waals surface area contributed by atoms with Crippen LogP contribution in [0.15, 0.2) is 67.0 Å². The standard InChI is InChI=1S/C37H38ClF2N7O4/c1-21-27(3-2-4-29(21)47-36(50)30-10-5-22(17-44-30)16-41-19-25-8-11-32(48)45-25)28-13-14-43-35(34(28)38)23-6-7-24(31(15-23)51-37(39)40)18-42-20-26-9-12-33(49)46-26/h2-7,10,13-15,17,25-26,37,41-42H,8-9,11-12,16,18-20H2,1H3,(H,45,48)(H,46,49)(H,47,50)/t25-,26+/m1/s1. The van der Waals surface area contributed by atoms with Crippen molar-refractivity contribution < 1.29 is 27.9 Å². The first-order valence-corrected chi connectivity index (χ1v) is 17.1. The van der Waals surface area contributed by atoms with E-state index in [0.29, 0.717) is 65.6 Å². The number of anilines is 1. The predicted octanol–water partition coefficient (Wildman–Crippen LogP) is 5.36. The number of alkyl halides is 2. The zero-order chi connectivity index (χ0) is 35.9. The summed E-state index contributed by atoms with van der Waals surface area (Å²) in [4.78, 5) is 44.9. The highest BCUT2D eigenvalue weighted by Crippen LogP contribution is 2.39. The Balaban J connectivity index is 1.14. The van der Waals surface area contributed by atoms with Crippen molar-refractivity contribution in [2.45, 2.75) is 64.4 Å². The number of hydrogen-bond donors (Lipinski definition) is 5. The normalized spacial score (nSPS) is 17.0. The molecule has 2 aromatic heterocycles. The third-order valence-electron chi connectivity index (χ3n) is 8.97. The number of ether oxygens (including phenoxy) is 1. The number of benzene rings is 2. The number of halogens is 3. The molecule has 6 rings (SSSR count). The van der Waals surface area contributed by atoms with E-state index in [0.717, 1.165) is 29.5 Å². The average Bonchev–Trinajstić information content (AvgIpc) is 3.73. The van der Waals surface area contributed by atoms with Gasteiger partial charge in [-0.2, -0.15) is 8.78 Å². The first-order valence-electron chi connectivity index (χ1n) is 16.7. The van der Waals surface area contributed by atoms with Gasteiger partial charge in [-0.1, -0.05) is 41.9 Å². The van der Waals surface area contributed by atoms with Crippen molar-refractivity contribution >= 4 is 35.0 Å². The Labute approximate surface area is 298 Å². The number of carbonyl (C=O) groups is 3. The van der Waals surface area contributed by atoms with Crippen LogP contribution in [-0.4, -0.2) is 59.5 Å². The molecule has 5 N–H and O–H groups in total. The third-order valence-corrected chi connectivity index (χ3v) is 9.35. The van der Waals surface area contributed by atoms with Gasteiger partial charge in [0.25, 0.3) is 5.91 Å². The Bertz CT molecular complexity index is 1910.